The zero-order chi connectivity index (χ0) is 15.1. The summed E-state index contributed by atoms with van der Waals surface area (Å²) in [6.07, 6.45) is 4.22. The molecule has 5 nitrogen and oxygen atoms in total. The normalized spacial score (nSPS) is 24.0. The summed E-state index contributed by atoms with van der Waals surface area (Å²) in [5.41, 5.74) is 1.56. The number of anilines is 1. The molecule has 0 radical (unpaired) electrons. The lowest BCUT2D eigenvalue weighted by Gasteiger charge is -2.23. The van der Waals surface area contributed by atoms with Crippen LogP contribution in [0.3, 0.4) is 0 Å². The van der Waals surface area contributed by atoms with Crippen LogP contribution < -0.4 is 10.6 Å². The summed E-state index contributed by atoms with van der Waals surface area (Å²) in [6.45, 7) is 8.66. The predicted molar refractivity (Wildman–Crippen MR) is 83.0 cm³/mol. The third kappa shape index (κ3) is 3.28. The van der Waals surface area contributed by atoms with Gasteiger partial charge in [-0.15, -0.1) is 0 Å². The molecule has 3 N–H and O–H groups in total. The lowest BCUT2D eigenvalue weighted by atomic mass is 9.91. The Hall–Kier alpha value is -1.36. The fourth-order valence-electron chi connectivity index (χ4n) is 3.50. The molecular weight excluding hydrogens is 264 g/mol. The van der Waals surface area contributed by atoms with E-state index in [1.807, 2.05) is 6.07 Å². The van der Waals surface area contributed by atoms with Crippen molar-refractivity contribution in [2.75, 3.05) is 18.4 Å². The SMILES string of the molecule is CC(C)(C)Cc1cc(NC(=O)C2CC23CCNCC3)n[nH]1. The molecule has 1 aromatic heterocycles. The van der Waals surface area contributed by atoms with Gasteiger partial charge in [0.15, 0.2) is 5.82 Å². The van der Waals surface area contributed by atoms with Gasteiger partial charge in [0.25, 0.3) is 0 Å². The van der Waals surface area contributed by atoms with Gasteiger partial charge in [-0.25, -0.2) is 0 Å². The van der Waals surface area contributed by atoms with E-state index in [0.29, 0.717) is 5.82 Å². The summed E-state index contributed by atoms with van der Waals surface area (Å²) < 4.78 is 0. The first-order valence-corrected chi connectivity index (χ1v) is 7.94. The van der Waals surface area contributed by atoms with Crippen LogP contribution in [0.1, 0.15) is 45.7 Å². The summed E-state index contributed by atoms with van der Waals surface area (Å²) in [4.78, 5) is 12.4. The molecule has 1 atom stereocenters. The van der Waals surface area contributed by atoms with E-state index in [1.54, 1.807) is 0 Å². The number of hydrogen-bond donors (Lipinski definition) is 3. The summed E-state index contributed by atoms with van der Waals surface area (Å²) in [5.74, 6) is 0.989. The Labute approximate surface area is 126 Å². The molecule has 2 fully saturated rings. The number of amides is 1. The number of H-pyrrole nitrogens is 1. The number of nitrogens with zero attached hydrogens (tertiary/aromatic N) is 1. The molecule has 1 spiro atoms. The number of rotatable bonds is 3. The first-order valence-electron chi connectivity index (χ1n) is 7.94. The van der Waals surface area contributed by atoms with Crippen molar-refractivity contribution in [3.05, 3.63) is 11.8 Å². The van der Waals surface area contributed by atoms with E-state index >= 15 is 0 Å². The molecule has 0 aromatic carbocycles. The van der Waals surface area contributed by atoms with E-state index in [-0.39, 0.29) is 22.7 Å². The maximum atomic E-state index is 12.4. The highest BCUT2D eigenvalue weighted by atomic mass is 16.2. The van der Waals surface area contributed by atoms with Crippen molar-refractivity contribution in [2.45, 2.75) is 46.5 Å². The number of carbonyl (C=O) groups excluding carboxylic acids is 1. The number of piperidine rings is 1. The van der Waals surface area contributed by atoms with Crippen molar-refractivity contribution >= 4 is 11.7 Å². The molecule has 1 saturated heterocycles. The molecule has 2 heterocycles. The summed E-state index contributed by atoms with van der Waals surface area (Å²) in [6, 6.07) is 1.96. The molecule has 1 aliphatic carbocycles. The Bertz CT molecular complexity index is 523. The molecule has 1 aliphatic heterocycles. The van der Waals surface area contributed by atoms with Crippen LogP contribution in [0.5, 0.6) is 0 Å². The van der Waals surface area contributed by atoms with Crippen molar-refractivity contribution in [1.29, 1.82) is 0 Å². The average Bonchev–Trinajstić information content (AvgIpc) is 2.90. The van der Waals surface area contributed by atoms with Crippen molar-refractivity contribution in [1.82, 2.24) is 15.5 Å². The highest BCUT2D eigenvalue weighted by Crippen LogP contribution is 2.58. The molecule has 1 aromatic rings. The van der Waals surface area contributed by atoms with Crippen LogP contribution in [0, 0.1) is 16.7 Å². The summed E-state index contributed by atoms with van der Waals surface area (Å²) in [7, 11) is 0. The summed E-state index contributed by atoms with van der Waals surface area (Å²) in [5, 5.41) is 13.6. The Morgan fingerprint density at radius 3 is 2.81 bits per heavy atom. The topological polar surface area (TPSA) is 69.8 Å². The zero-order valence-corrected chi connectivity index (χ0v) is 13.3. The largest absolute Gasteiger partial charge is 0.317 e. The highest BCUT2D eigenvalue weighted by molar-refractivity contribution is 5.94. The van der Waals surface area contributed by atoms with Gasteiger partial charge in [0.1, 0.15) is 0 Å². The molecule has 1 saturated carbocycles. The maximum absolute atomic E-state index is 12.4. The van der Waals surface area contributed by atoms with Gasteiger partial charge >= 0.3 is 0 Å². The van der Waals surface area contributed by atoms with Crippen LogP contribution in [-0.2, 0) is 11.2 Å². The van der Waals surface area contributed by atoms with Crippen molar-refractivity contribution in [3.8, 4) is 0 Å². The number of carbonyl (C=O) groups is 1. The quantitative estimate of drug-likeness (QED) is 0.800. The van der Waals surface area contributed by atoms with E-state index in [1.165, 1.54) is 0 Å². The Balaban J connectivity index is 1.56. The Kier molecular flexibility index (Phi) is 3.56. The molecule has 1 amide bonds. The van der Waals surface area contributed by atoms with Gasteiger partial charge in [0.2, 0.25) is 5.91 Å². The van der Waals surface area contributed by atoms with Gasteiger partial charge in [-0.05, 0) is 49.6 Å². The van der Waals surface area contributed by atoms with Gasteiger partial charge in [-0.1, -0.05) is 20.8 Å². The average molecular weight is 290 g/mol. The molecule has 5 heteroatoms. The van der Waals surface area contributed by atoms with Gasteiger partial charge in [0.05, 0.1) is 0 Å². The first kappa shape index (κ1) is 14.6. The second kappa shape index (κ2) is 5.13. The third-order valence-electron chi connectivity index (χ3n) is 4.71. The molecule has 21 heavy (non-hydrogen) atoms. The van der Waals surface area contributed by atoms with E-state index in [2.05, 4.69) is 41.6 Å². The fraction of sp³-hybridized carbons (Fsp3) is 0.750. The third-order valence-corrected chi connectivity index (χ3v) is 4.71. The van der Waals surface area contributed by atoms with Crippen molar-refractivity contribution in [3.63, 3.8) is 0 Å². The molecule has 1 unspecified atom stereocenters. The van der Waals surface area contributed by atoms with E-state index < -0.39 is 0 Å². The van der Waals surface area contributed by atoms with E-state index in [9.17, 15) is 4.79 Å². The highest BCUT2D eigenvalue weighted by Gasteiger charge is 2.57. The summed E-state index contributed by atoms with van der Waals surface area (Å²) >= 11 is 0. The zero-order valence-electron chi connectivity index (χ0n) is 13.3. The van der Waals surface area contributed by atoms with Gasteiger partial charge in [0, 0.05) is 17.7 Å². The van der Waals surface area contributed by atoms with Gasteiger partial charge in [-0.2, -0.15) is 5.10 Å². The number of nitrogens with one attached hydrogen (secondary N) is 3. The van der Waals surface area contributed by atoms with Crippen LogP contribution in [0.2, 0.25) is 0 Å². The van der Waals surface area contributed by atoms with Crippen LogP contribution in [0.15, 0.2) is 6.07 Å². The molecular formula is C16H26N4O. The van der Waals surface area contributed by atoms with E-state index in [4.69, 9.17) is 0 Å². The minimum atomic E-state index is 0.144. The maximum Gasteiger partial charge on any atom is 0.229 e. The van der Waals surface area contributed by atoms with Crippen molar-refractivity contribution < 1.29 is 4.79 Å². The Morgan fingerprint density at radius 2 is 2.14 bits per heavy atom. The van der Waals surface area contributed by atoms with E-state index in [0.717, 1.165) is 44.5 Å². The molecule has 0 bridgehead atoms. The molecule has 116 valence electrons. The minimum absolute atomic E-state index is 0.144. The number of aromatic amines is 1. The standard InChI is InChI=1S/C16H26N4O/c1-15(2,3)9-11-8-13(20-19-11)18-14(21)12-10-16(12)4-6-17-7-5-16/h8,12,17H,4-7,9-10H2,1-3H3,(H2,18,19,20,21). The number of aromatic nitrogens is 2. The predicted octanol–water partition coefficient (Wildman–Crippen LogP) is 2.33. The van der Waals surface area contributed by atoms with Crippen LogP contribution in [0.25, 0.3) is 0 Å². The second-order valence-corrected chi connectivity index (χ2v) is 7.87. The molecule has 3 rings (SSSR count). The monoisotopic (exact) mass is 290 g/mol. The fourth-order valence-corrected chi connectivity index (χ4v) is 3.50. The van der Waals surface area contributed by atoms with Gasteiger partial charge < -0.3 is 10.6 Å². The lowest BCUT2D eigenvalue weighted by Crippen LogP contribution is -2.31. The van der Waals surface area contributed by atoms with Crippen LogP contribution >= 0.6 is 0 Å². The van der Waals surface area contributed by atoms with Crippen LogP contribution in [0.4, 0.5) is 5.82 Å². The first-order chi connectivity index (χ1) is 9.88. The lowest BCUT2D eigenvalue weighted by molar-refractivity contribution is -0.118. The second-order valence-electron chi connectivity index (χ2n) is 7.87. The van der Waals surface area contributed by atoms with Crippen LogP contribution in [-0.4, -0.2) is 29.2 Å². The Morgan fingerprint density at radius 1 is 1.43 bits per heavy atom. The molecule has 2 aliphatic rings. The number of hydrogen-bond acceptors (Lipinski definition) is 3. The minimum Gasteiger partial charge on any atom is -0.317 e. The van der Waals surface area contributed by atoms with Gasteiger partial charge in [-0.3, -0.25) is 9.89 Å². The smallest absolute Gasteiger partial charge is 0.229 e. The van der Waals surface area contributed by atoms with Crippen molar-refractivity contribution in [2.24, 2.45) is 16.7 Å².